The molecule has 0 aromatic heterocycles. The molecular weight excluding hydrogens is 553 g/mol. The van der Waals surface area contributed by atoms with E-state index in [4.69, 9.17) is 0 Å². The first kappa shape index (κ1) is 27.2. The molecule has 5 rings (SSSR count). The lowest BCUT2D eigenvalue weighted by molar-refractivity contribution is -0.112. The Morgan fingerprint density at radius 2 is 0.921 bits per heavy atom. The molecule has 1 amide bonds. The summed E-state index contributed by atoms with van der Waals surface area (Å²) in [4.78, 5) is 25.8. The first-order valence-corrected chi connectivity index (χ1v) is 14.2. The number of anilines is 1. The molecule has 1 N–H and O–H groups in total. The van der Waals surface area contributed by atoms with E-state index in [2.05, 4.69) is 78.1 Å². The van der Waals surface area contributed by atoms with Crippen molar-refractivity contribution in [2.24, 2.45) is 0 Å². The number of para-hydroxylation sites is 1. The van der Waals surface area contributed by atoms with Crippen molar-refractivity contribution in [3.63, 3.8) is 0 Å². The molecule has 0 aliphatic heterocycles. The van der Waals surface area contributed by atoms with Crippen LogP contribution < -0.4 is 38.2 Å². The van der Waals surface area contributed by atoms with Gasteiger partial charge in [-0.2, -0.15) is 0 Å². The van der Waals surface area contributed by atoms with E-state index in [0.29, 0.717) is 17.4 Å². The summed E-state index contributed by atoms with van der Waals surface area (Å²) in [6, 6.07) is 48.3. The van der Waals surface area contributed by atoms with Crippen LogP contribution in [-0.2, 0) is 11.0 Å². The molecule has 5 aromatic carbocycles. The zero-order valence-electron chi connectivity index (χ0n) is 20.7. The van der Waals surface area contributed by atoms with E-state index in [1.165, 1.54) is 15.9 Å². The molecule has 0 unspecified atom stereocenters. The van der Waals surface area contributed by atoms with Gasteiger partial charge in [-0.15, -0.1) is 0 Å². The molecule has 0 saturated carbocycles. The van der Waals surface area contributed by atoms with Gasteiger partial charge in [0, 0.05) is 16.8 Å². The van der Waals surface area contributed by atoms with Gasteiger partial charge >= 0.3 is 0 Å². The molecule has 188 valence electrons. The predicted molar refractivity (Wildman–Crippen MR) is 155 cm³/mol. The summed E-state index contributed by atoms with van der Waals surface area (Å²) in [6.45, 7) is 0. The largest absolute Gasteiger partial charge is 1.00 e. The fraction of sp³-hybridized carbons (Fsp3) is 0.0303. The van der Waals surface area contributed by atoms with Gasteiger partial charge in [0.1, 0.15) is 29.3 Å². The Labute approximate surface area is 234 Å². The minimum atomic E-state index is -2.16. The van der Waals surface area contributed by atoms with E-state index in [-0.39, 0.29) is 17.0 Å². The average Bonchev–Trinajstić information content (AvgIpc) is 2.98. The number of hydrogen-bond donors (Lipinski definition) is 1. The Balaban J connectivity index is 0.00000336. The fourth-order valence-electron chi connectivity index (χ4n) is 4.70. The smallest absolute Gasteiger partial charge is 0.296 e. The van der Waals surface area contributed by atoms with Crippen LogP contribution >= 0.6 is 7.26 Å². The number of rotatable bonds is 8. The number of nitrogens with one attached hydrogen (secondary N) is 1. The molecular formula is C33H27BrNO2P. The van der Waals surface area contributed by atoms with Crippen LogP contribution in [0.4, 0.5) is 5.69 Å². The molecule has 0 radical (unpaired) electrons. The maximum Gasteiger partial charge on any atom is 0.296 e. The third kappa shape index (κ3) is 5.67. The second kappa shape index (κ2) is 12.6. The number of carbonyl (C=O) groups is 2. The lowest BCUT2D eigenvalue weighted by Gasteiger charge is -2.28. The van der Waals surface area contributed by atoms with E-state index >= 15 is 0 Å². The molecule has 38 heavy (non-hydrogen) atoms. The quantitative estimate of drug-likeness (QED) is 0.174. The minimum absolute atomic E-state index is 0. The van der Waals surface area contributed by atoms with Crippen LogP contribution in [0.15, 0.2) is 146 Å². The first-order chi connectivity index (χ1) is 18.2. The molecule has 0 spiro atoms. The van der Waals surface area contributed by atoms with Gasteiger partial charge < -0.3 is 22.3 Å². The number of halogens is 1. The van der Waals surface area contributed by atoms with E-state index in [0.717, 1.165) is 5.56 Å². The van der Waals surface area contributed by atoms with Crippen molar-refractivity contribution in [2.45, 2.75) is 6.16 Å². The lowest BCUT2D eigenvalue weighted by atomic mass is 10.1. The van der Waals surface area contributed by atoms with Crippen molar-refractivity contribution in [1.29, 1.82) is 0 Å². The Morgan fingerprint density at radius 3 is 1.39 bits per heavy atom. The van der Waals surface area contributed by atoms with Crippen LogP contribution in [0.5, 0.6) is 0 Å². The predicted octanol–water partition coefficient (Wildman–Crippen LogP) is 3.01. The van der Waals surface area contributed by atoms with Crippen molar-refractivity contribution in [2.75, 3.05) is 5.32 Å². The monoisotopic (exact) mass is 579 g/mol. The van der Waals surface area contributed by atoms with Crippen molar-refractivity contribution in [3.8, 4) is 0 Å². The number of ketones is 1. The molecule has 0 aliphatic rings. The lowest BCUT2D eigenvalue weighted by Crippen LogP contribution is -3.00. The highest BCUT2D eigenvalue weighted by Crippen LogP contribution is 2.58. The Hall–Kier alpha value is -3.85. The standard InChI is InChI=1S/C33H26NO2P.BrH/c35-32(26-15-5-1-6-16-26)33(36)34-31-24-14-13-17-27(31)25-37(28-18-7-2-8-19-28,29-20-9-3-10-21-29)30-22-11-4-12-23-30;/h1-24H,25H2;1H. The number of hydrogen-bond acceptors (Lipinski definition) is 2. The average molecular weight is 580 g/mol. The number of benzene rings is 5. The van der Waals surface area contributed by atoms with Gasteiger partial charge in [-0.1, -0.05) is 103 Å². The summed E-state index contributed by atoms with van der Waals surface area (Å²) in [5, 5.41) is 6.69. The minimum Gasteiger partial charge on any atom is -1.00 e. The van der Waals surface area contributed by atoms with E-state index < -0.39 is 19.0 Å². The maximum atomic E-state index is 13.0. The molecule has 0 atom stereocenters. The molecule has 0 fully saturated rings. The zero-order valence-corrected chi connectivity index (χ0v) is 23.2. The fourth-order valence-corrected chi connectivity index (χ4v) is 8.98. The Morgan fingerprint density at radius 1 is 0.526 bits per heavy atom. The summed E-state index contributed by atoms with van der Waals surface area (Å²) in [6.07, 6.45) is 0.695. The summed E-state index contributed by atoms with van der Waals surface area (Å²) in [7, 11) is -2.16. The van der Waals surface area contributed by atoms with Crippen molar-refractivity contribution >= 4 is 40.6 Å². The number of amides is 1. The van der Waals surface area contributed by atoms with Crippen molar-refractivity contribution < 1.29 is 26.6 Å². The summed E-state index contributed by atoms with van der Waals surface area (Å²) in [5.74, 6) is -1.19. The van der Waals surface area contributed by atoms with Crippen LogP contribution in [0.25, 0.3) is 0 Å². The molecule has 0 heterocycles. The van der Waals surface area contributed by atoms with E-state index in [9.17, 15) is 9.59 Å². The summed E-state index contributed by atoms with van der Waals surface area (Å²) in [5.41, 5.74) is 2.02. The number of Topliss-reactive ketones (excluding diaryl/α,β-unsaturated/α-hetero) is 1. The van der Waals surface area contributed by atoms with Gasteiger partial charge in [0.05, 0.1) is 0 Å². The summed E-state index contributed by atoms with van der Waals surface area (Å²) < 4.78 is 0. The van der Waals surface area contributed by atoms with Gasteiger partial charge in [0.25, 0.3) is 11.7 Å². The molecule has 0 saturated heterocycles. The van der Waals surface area contributed by atoms with Gasteiger partial charge in [0.2, 0.25) is 0 Å². The third-order valence-corrected chi connectivity index (χ3v) is 10.9. The first-order valence-electron chi connectivity index (χ1n) is 12.2. The molecule has 0 bridgehead atoms. The topological polar surface area (TPSA) is 46.2 Å². The van der Waals surface area contributed by atoms with Crippen molar-refractivity contribution in [1.82, 2.24) is 0 Å². The number of carbonyl (C=O) groups excluding carboxylic acids is 2. The SMILES string of the molecule is O=C(Nc1ccccc1C[P+](c1ccccc1)(c1ccccc1)c1ccccc1)C(=O)c1ccccc1.[Br-]. The highest BCUT2D eigenvalue weighted by atomic mass is 79.9. The summed E-state index contributed by atoms with van der Waals surface area (Å²) >= 11 is 0. The van der Waals surface area contributed by atoms with Crippen LogP contribution in [0.2, 0.25) is 0 Å². The third-order valence-electron chi connectivity index (χ3n) is 6.51. The molecule has 0 aliphatic carbocycles. The second-order valence-corrected chi connectivity index (χ2v) is 12.3. The zero-order chi connectivity index (χ0) is 25.5. The highest BCUT2D eigenvalue weighted by Gasteiger charge is 2.45. The van der Waals surface area contributed by atoms with Crippen LogP contribution in [0.1, 0.15) is 15.9 Å². The second-order valence-electron chi connectivity index (χ2n) is 8.78. The molecule has 5 aromatic rings. The van der Waals surface area contributed by atoms with Crippen molar-refractivity contribution in [3.05, 3.63) is 157 Å². The Bertz CT molecular complexity index is 1400. The Kier molecular flexibility index (Phi) is 9.02. The van der Waals surface area contributed by atoms with Crippen LogP contribution in [-0.4, -0.2) is 11.7 Å². The van der Waals surface area contributed by atoms with E-state index in [1.807, 2.05) is 48.5 Å². The molecule has 3 nitrogen and oxygen atoms in total. The normalized spacial score (nSPS) is 10.7. The van der Waals surface area contributed by atoms with Gasteiger partial charge in [-0.25, -0.2) is 0 Å². The van der Waals surface area contributed by atoms with Crippen LogP contribution in [0.3, 0.4) is 0 Å². The van der Waals surface area contributed by atoms with E-state index in [1.54, 1.807) is 24.3 Å². The van der Waals surface area contributed by atoms with Crippen LogP contribution in [0, 0.1) is 0 Å². The van der Waals surface area contributed by atoms with Gasteiger partial charge in [0.15, 0.2) is 0 Å². The highest BCUT2D eigenvalue weighted by molar-refractivity contribution is 7.95. The maximum absolute atomic E-state index is 13.0. The van der Waals surface area contributed by atoms with Gasteiger partial charge in [-0.05, 0) is 42.5 Å². The van der Waals surface area contributed by atoms with Gasteiger partial charge in [-0.3, -0.25) is 9.59 Å². The molecule has 5 heteroatoms.